The summed E-state index contributed by atoms with van der Waals surface area (Å²) >= 11 is 0. The minimum Gasteiger partial charge on any atom is -0.370 e. The molecule has 0 unspecified atom stereocenters. The van der Waals surface area contributed by atoms with Crippen LogP contribution in [0.3, 0.4) is 0 Å². The number of pyridine rings is 1. The molecule has 0 aliphatic heterocycles. The summed E-state index contributed by atoms with van der Waals surface area (Å²) in [6.07, 6.45) is 1.97. The summed E-state index contributed by atoms with van der Waals surface area (Å²) in [5, 5.41) is 5.76. The summed E-state index contributed by atoms with van der Waals surface area (Å²) in [4.78, 5) is 16.3. The summed E-state index contributed by atoms with van der Waals surface area (Å²) in [5.74, 6) is -0.319. The highest BCUT2D eigenvalue weighted by atomic mass is 19.1. The molecule has 0 fully saturated rings. The summed E-state index contributed by atoms with van der Waals surface area (Å²) in [5.41, 5.74) is 1.44. The Morgan fingerprint density at radius 2 is 1.56 bits per heavy atom. The lowest BCUT2D eigenvalue weighted by molar-refractivity contribution is 0.0950. The van der Waals surface area contributed by atoms with Crippen LogP contribution in [0.1, 0.15) is 21.5 Å². The van der Waals surface area contributed by atoms with E-state index in [0.29, 0.717) is 35.5 Å². The monoisotopic (exact) mass is 367 g/mol. The Morgan fingerprint density at radius 3 is 2.19 bits per heavy atom. The third-order valence-corrected chi connectivity index (χ3v) is 4.08. The topological polar surface area (TPSA) is 54.0 Å². The number of hydrogen-bond donors (Lipinski definition) is 2. The Labute approximate surface area is 156 Å². The molecule has 6 heteroatoms. The molecule has 2 N–H and O–H groups in total. The van der Waals surface area contributed by atoms with Gasteiger partial charge in [-0.1, -0.05) is 36.4 Å². The number of hydrogen-bond acceptors (Lipinski definition) is 3. The first-order chi connectivity index (χ1) is 13.1. The van der Waals surface area contributed by atoms with Crippen molar-refractivity contribution in [2.24, 2.45) is 0 Å². The maximum Gasteiger partial charge on any atom is 0.253 e. The molecule has 4 nitrogen and oxygen atoms in total. The largest absolute Gasteiger partial charge is 0.370 e. The Bertz CT molecular complexity index is 913. The second kappa shape index (κ2) is 8.89. The summed E-state index contributed by atoms with van der Waals surface area (Å²) in [6, 6.07) is 16.2. The molecule has 2 aromatic carbocycles. The molecule has 0 radical (unpaired) electrons. The Morgan fingerprint density at radius 1 is 0.889 bits per heavy atom. The van der Waals surface area contributed by atoms with Crippen LogP contribution in [0.25, 0.3) is 0 Å². The zero-order valence-electron chi connectivity index (χ0n) is 14.6. The highest BCUT2D eigenvalue weighted by molar-refractivity contribution is 5.94. The maximum atomic E-state index is 13.6. The molecule has 1 heterocycles. The standard InChI is InChI=1S/C21H19F2N3O/c22-18-7-3-1-5-15(18)11-12-24-20-10-9-17(14-25-20)21(27)26-13-16-6-2-4-8-19(16)23/h1-10,14H,11-13H2,(H,24,25)(H,26,27). The van der Waals surface area contributed by atoms with E-state index >= 15 is 0 Å². The Kier molecular flexibility index (Phi) is 6.10. The lowest BCUT2D eigenvalue weighted by atomic mass is 10.1. The van der Waals surface area contributed by atoms with Gasteiger partial charge in [0.2, 0.25) is 0 Å². The van der Waals surface area contributed by atoms with Crippen molar-refractivity contribution in [2.75, 3.05) is 11.9 Å². The van der Waals surface area contributed by atoms with Crippen LogP contribution >= 0.6 is 0 Å². The third-order valence-electron chi connectivity index (χ3n) is 4.08. The van der Waals surface area contributed by atoms with Crippen LogP contribution < -0.4 is 10.6 Å². The molecular weight excluding hydrogens is 348 g/mol. The lowest BCUT2D eigenvalue weighted by Crippen LogP contribution is -2.23. The van der Waals surface area contributed by atoms with E-state index < -0.39 is 0 Å². The van der Waals surface area contributed by atoms with Crippen molar-refractivity contribution < 1.29 is 13.6 Å². The van der Waals surface area contributed by atoms with Crippen molar-refractivity contribution >= 4 is 11.7 Å². The first-order valence-corrected chi connectivity index (χ1v) is 8.58. The van der Waals surface area contributed by atoms with Crippen LogP contribution in [0.4, 0.5) is 14.6 Å². The molecule has 0 atom stereocenters. The molecule has 0 aliphatic carbocycles. The number of benzene rings is 2. The molecule has 3 rings (SSSR count). The highest BCUT2D eigenvalue weighted by Gasteiger charge is 2.08. The van der Waals surface area contributed by atoms with E-state index in [2.05, 4.69) is 15.6 Å². The summed E-state index contributed by atoms with van der Waals surface area (Å²) < 4.78 is 27.1. The summed E-state index contributed by atoms with van der Waals surface area (Å²) in [7, 11) is 0. The number of nitrogens with one attached hydrogen (secondary N) is 2. The molecule has 27 heavy (non-hydrogen) atoms. The van der Waals surface area contributed by atoms with Gasteiger partial charge < -0.3 is 10.6 Å². The van der Waals surface area contributed by atoms with Crippen LogP contribution in [0.5, 0.6) is 0 Å². The summed E-state index contributed by atoms with van der Waals surface area (Å²) in [6.45, 7) is 0.626. The van der Waals surface area contributed by atoms with E-state index in [9.17, 15) is 13.6 Å². The molecule has 138 valence electrons. The number of amides is 1. The smallest absolute Gasteiger partial charge is 0.253 e. The van der Waals surface area contributed by atoms with Gasteiger partial charge in [0.25, 0.3) is 5.91 Å². The Balaban J connectivity index is 1.50. The van der Waals surface area contributed by atoms with Crippen LogP contribution in [-0.4, -0.2) is 17.4 Å². The number of halogens is 2. The molecule has 3 aromatic rings. The van der Waals surface area contributed by atoms with Gasteiger partial charge in [0.1, 0.15) is 17.5 Å². The number of carbonyl (C=O) groups is 1. The number of nitrogens with zero attached hydrogens (tertiary/aromatic N) is 1. The van der Waals surface area contributed by atoms with Gasteiger partial charge in [-0.15, -0.1) is 0 Å². The van der Waals surface area contributed by atoms with Crippen molar-refractivity contribution in [3.05, 3.63) is 95.2 Å². The highest BCUT2D eigenvalue weighted by Crippen LogP contribution is 2.10. The van der Waals surface area contributed by atoms with Crippen molar-refractivity contribution in [1.29, 1.82) is 0 Å². The third kappa shape index (κ3) is 5.10. The molecular formula is C21H19F2N3O. The quantitative estimate of drug-likeness (QED) is 0.665. The van der Waals surface area contributed by atoms with E-state index in [0.717, 1.165) is 0 Å². The predicted molar refractivity (Wildman–Crippen MR) is 100 cm³/mol. The molecule has 0 aliphatic rings. The SMILES string of the molecule is O=C(NCc1ccccc1F)c1ccc(NCCc2ccccc2F)nc1. The van der Waals surface area contributed by atoms with Crippen LogP contribution in [0, 0.1) is 11.6 Å². The predicted octanol–water partition coefficient (Wildman–Crippen LogP) is 3.94. The first-order valence-electron chi connectivity index (χ1n) is 8.58. The van der Waals surface area contributed by atoms with Crippen molar-refractivity contribution in [1.82, 2.24) is 10.3 Å². The zero-order chi connectivity index (χ0) is 19.1. The average molecular weight is 367 g/mol. The molecule has 0 bridgehead atoms. The van der Waals surface area contributed by atoms with Gasteiger partial charge in [-0.05, 0) is 36.2 Å². The van der Waals surface area contributed by atoms with Crippen LogP contribution in [-0.2, 0) is 13.0 Å². The van der Waals surface area contributed by atoms with Gasteiger partial charge in [-0.25, -0.2) is 13.8 Å². The fourth-order valence-corrected chi connectivity index (χ4v) is 2.58. The lowest BCUT2D eigenvalue weighted by Gasteiger charge is -2.08. The van der Waals surface area contributed by atoms with E-state index in [-0.39, 0.29) is 24.1 Å². The molecule has 1 amide bonds. The number of carbonyl (C=O) groups excluding carboxylic acids is 1. The van der Waals surface area contributed by atoms with Gasteiger partial charge in [0.05, 0.1) is 5.56 Å². The van der Waals surface area contributed by atoms with E-state index in [1.165, 1.54) is 18.3 Å². The van der Waals surface area contributed by atoms with Gasteiger partial charge >= 0.3 is 0 Å². The van der Waals surface area contributed by atoms with Gasteiger partial charge in [-0.3, -0.25) is 4.79 Å². The van der Waals surface area contributed by atoms with Crippen molar-refractivity contribution in [3.63, 3.8) is 0 Å². The van der Waals surface area contributed by atoms with Crippen LogP contribution in [0.15, 0.2) is 66.9 Å². The number of aromatic nitrogens is 1. The number of rotatable bonds is 7. The zero-order valence-corrected chi connectivity index (χ0v) is 14.6. The molecule has 0 spiro atoms. The van der Waals surface area contributed by atoms with Gasteiger partial charge in [0, 0.05) is 24.8 Å². The maximum absolute atomic E-state index is 13.6. The molecule has 0 saturated heterocycles. The first kappa shape index (κ1) is 18.5. The van der Waals surface area contributed by atoms with Crippen molar-refractivity contribution in [3.8, 4) is 0 Å². The Hall–Kier alpha value is -3.28. The fraction of sp³-hybridized carbons (Fsp3) is 0.143. The van der Waals surface area contributed by atoms with Gasteiger partial charge in [0.15, 0.2) is 0 Å². The fourth-order valence-electron chi connectivity index (χ4n) is 2.58. The van der Waals surface area contributed by atoms with E-state index in [4.69, 9.17) is 0 Å². The number of anilines is 1. The van der Waals surface area contributed by atoms with Crippen LogP contribution in [0.2, 0.25) is 0 Å². The normalized spacial score (nSPS) is 10.4. The average Bonchev–Trinajstić information content (AvgIpc) is 2.69. The van der Waals surface area contributed by atoms with Gasteiger partial charge in [-0.2, -0.15) is 0 Å². The molecule has 0 saturated carbocycles. The second-order valence-electron chi connectivity index (χ2n) is 5.97. The van der Waals surface area contributed by atoms with Crippen molar-refractivity contribution in [2.45, 2.75) is 13.0 Å². The van der Waals surface area contributed by atoms with E-state index in [1.807, 2.05) is 0 Å². The molecule has 1 aromatic heterocycles. The van der Waals surface area contributed by atoms with E-state index in [1.54, 1.807) is 48.5 Å². The minimum absolute atomic E-state index is 0.105. The second-order valence-corrected chi connectivity index (χ2v) is 5.97. The minimum atomic E-state index is -0.356.